The summed E-state index contributed by atoms with van der Waals surface area (Å²) in [6.45, 7) is 2.33. The molecule has 0 aromatic carbocycles. The highest BCUT2D eigenvalue weighted by atomic mass is 32.1. The van der Waals surface area contributed by atoms with Crippen LogP contribution in [-0.4, -0.2) is 16.0 Å². The first-order valence-electron chi connectivity index (χ1n) is 6.69. The molecule has 2 rings (SSSR count). The molecular formula is C14H21N3S. The molecule has 1 fully saturated rings. The van der Waals surface area contributed by atoms with Crippen LogP contribution in [0.1, 0.15) is 44.7 Å². The fourth-order valence-corrected chi connectivity index (χ4v) is 2.67. The van der Waals surface area contributed by atoms with E-state index in [1.807, 2.05) is 18.3 Å². The van der Waals surface area contributed by atoms with Crippen molar-refractivity contribution in [1.29, 1.82) is 0 Å². The molecule has 1 aromatic rings. The number of anilines is 1. The third-order valence-corrected chi connectivity index (χ3v) is 3.94. The summed E-state index contributed by atoms with van der Waals surface area (Å²) in [5, 5.41) is 3.59. The summed E-state index contributed by atoms with van der Waals surface area (Å²) in [6.07, 6.45) is 8.43. The van der Waals surface area contributed by atoms with Crippen LogP contribution in [-0.2, 0) is 0 Å². The minimum absolute atomic E-state index is 0.351. The van der Waals surface area contributed by atoms with Crippen LogP contribution in [0.15, 0.2) is 18.3 Å². The number of hydrogen-bond donors (Lipinski definition) is 2. The lowest BCUT2D eigenvalue weighted by Crippen LogP contribution is -2.26. The summed E-state index contributed by atoms with van der Waals surface area (Å²) in [5.41, 5.74) is 7.29. The fraction of sp³-hybridized carbons (Fsp3) is 0.571. The van der Waals surface area contributed by atoms with Crippen molar-refractivity contribution < 1.29 is 0 Å². The maximum absolute atomic E-state index is 5.54. The molecule has 2 atom stereocenters. The number of pyridine rings is 1. The Morgan fingerprint density at radius 2 is 2.11 bits per heavy atom. The van der Waals surface area contributed by atoms with Gasteiger partial charge in [-0.05, 0) is 30.9 Å². The number of rotatable bonds is 3. The Hall–Kier alpha value is -1.16. The molecule has 3 N–H and O–H groups in total. The molecule has 3 nitrogen and oxygen atoms in total. The van der Waals surface area contributed by atoms with E-state index in [0.717, 1.165) is 11.6 Å². The average molecular weight is 263 g/mol. The third kappa shape index (κ3) is 3.42. The zero-order chi connectivity index (χ0) is 13.0. The number of hydrogen-bond acceptors (Lipinski definition) is 3. The Labute approximate surface area is 114 Å². The van der Waals surface area contributed by atoms with Gasteiger partial charge >= 0.3 is 0 Å². The van der Waals surface area contributed by atoms with Gasteiger partial charge in [-0.15, -0.1) is 0 Å². The highest BCUT2D eigenvalue weighted by Gasteiger charge is 2.19. The highest BCUT2D eigenvalue weighted by Crippen LogP contribution is 2.25. The zero-order valence-electron chi connectivity index (χ0n) is 10.9. The molecule has 1 saturated carbocycles. The predicted octanol–water partition coefficient (Wildman–Crippen LogP) is 3.10. The lowest BCUT2D eigenvalue weighted by atomic mass is 9.97. The van der Waals surface area contributed by atoms with Crippen LogP contribution in [0.2, 0.25) is 0 Å². The van der Waals surface area contributed by atoms with Crippen LogP contribution in [0.4, 0.5) is 5.69 Å². The highest BCUT2D eigenvalue weighted by molar-refractivity contribution is 7.80. The normalized spacial score (nSPS) is 24.3. The molecule has 0 amide bonds. The number of aromatic nitrogens is 1. The minimum atomic E-state index is 0.351. The summed E-state index contributed by atoms with van der Waals surface area (Å²) in [7, 11) is 0. The molecule has 0 saturated heterocycles. The molecule has 1 aromatic heterocycles. The summed E-state index contributed by atoms with van der Waals surface area (Å²) in [5.74, 6) is 0.725. The van der Waals surface area contributed by atoms with Crippen LogP contribution in [0.3, 0.4) is 0 Å². The van der Waals surface area contributed by atoms with Crippen molar-refractivity contribution in [2.45, 2.75) is 45.1 Å². The number of nitrogens with one attached hydrogen (secondary N) is 1. The maximum Gasteiger partial charge on any atom is 0.122 e. The van der Waals surface area contributed by atoms with E-state index in [-0.39, 0.29) is 0 Å². The molecule has 0 aliphatic heterocycles. The first-order chi connectivity index (χ1) is 8.66. The Kier molecular flexibility index (Phi) is 4.53. The van der Waals surface area contributed by atoms with Crippen LogP contribution >= 0.6 is 12.2 Å². The Bertz CT molecular complexity index is 402. The maximum atomic E-state index is 5.54. The standard InChI is InChI=1S/C14H21N3S/c1-10-5-3-2-4-6-12(10)17-11-7-8-13(14(15)18)16-9-11/h7-10,12,17H,2-6H2,1H3,(H2,15,18). The van der Waals surface area contributed by atoms with E-state index in [1.165, 1.54) is 32.1 Å². The zero-order valence-corrected chi connectivity index (χ0v) is 11.7. The van der Waals surface area contributed by atoms with E-state index in [9.17, 15) is 0 Å². The molecule has 4 heteroatoms. The summed E-state index contributed by atoms with van der Waals surface area (Å²) < 4.78 is 0. The fourth-order valence-electron chi connectivity index (χ4n) is 2.55. The van der Waals surface area contributed by atoms with Gasteiger partial charge in [0.05, 0.1) is 17.6 Å². The largest absolute Gasteiger partial charge is 0.388 e. The average Bonchev–Trinajstić information content (AvgIpc) is 2.56. The van der Waals surface area contributed by atoms with Gasteiger partial charge in [0.2, 0.25) is 0 Å². The van der Waals surface area contributed by atoms with Crippen molar-refractivity contribution in [3.8, 4) is 0 Å². The van der Waals surface area contributed by atoms with E-state index in [2.05, 4.69) is 17.2 Å². The topological polar surface area (TPSA) is 50.9 Å². The Morgan fingerprint density at radius 1 is 1.33 bits per heavy atom. The van der Waals surface area contributed by atoms with Crippen LogP contribution < -0.4 is 11.1 Å². The van der Waals surface area contributed by atoms with Gasteiger partial charge in [-0.1, -0.05) is 38.4 Å². The molecular weight excluding hydrogens is 242 g/mol. The second kappa shape index (κ2) is 6.14. The summed E-state index contributed by atoms with van der Waals surface area (Å²) in [6, 6.07) is 4.45. The number of nitrogens with two attached hydrogens (primary N) is 1. The molecule has 0 spiro atoms. The van der Waals surface area contributed by atoms with E-state index < -0.39 is 0 Å². The van der Waals surface area contributed by atoms with E-state index in [0.29, 0.717) is 16.7 Å². The third-order valence-electron chi connectivity index (χ3n) is 3.73. The second-order valence-corrected chi connectivity index (χ2v) is 5.60. The smallest absolute Gasteiger partial charge is 0.122 e. The van der Waals surface area contributed by atoms with Crippen molar-refractivity contribution in [3.63, 3.8) is 0 Å². The quantitative estimate of drug-likeness (QED) is 0.650. The van der Waals surface area contributed by atoms with Crippen molar-refractivity contribution >= 4 is 22.9 Å². The summed E-state index contributed by atoms with van der Waals surface area (Å²) >= 11 is 4.90. The van der Waals surface area contributed by atoms with Crippen molar-refractivity contribution in [2.24, 2.45) is 11.7 Å². The van der Waals surface area contributed by atoms with Crippen molar-refractivity contribution in [3.05, 3.63) is 24.0 Å². The van der Waals surface area contributed by atoms with Gasteiger partial charge in [0, 0.05) is 6.04 Å². The lowest BCUT2D eigenvalue weighted by molar-refractivity contribution is 0.456. The monoisotopic (exact) mass is 263 g/mol. The molecule has 0 bridgehead atoms. The van der Waals surface area contributed by atoms with Crippen LogP contribution in [0, 0.1) is 5.92 Å². The van der Waals surface area contributed by atoms with E-state index >= 15 is 0 Å². The molecule has 1 aliphatic rings. The lowest BCUT2D eigenvalue weighted by Gasteiger charge is -2.23. The number of thiocarbonyl (C=S) groups is 1. The van der Waals surface area contributed by atoms with Crippen LogP contribution in [0.25, 0.3) is 0 Å². The molecule has 1 heterocycles. The second-order valence-electron chi connectivity index (χ2n) is 5.16. The van der Waals surface area contributed by atoms with Gasteiger partial charge in [-0.2, -0.15) is 0 Å². The summed E-state index contributed by atoms with van der Waals surface area (Å²) in [4.78, 5) is 4.61. The first-order valence-corrected chi connectivity index (χ1v) is 7.10. The van der Waals surface area contributed by atoms with Gasteiger partial charge in [0.15, 0.2) is 0 Å². The molecule has 1 aliphatic carbocycles. The Balaban J connectivity index is 2.01. The van der Waals surface area contributed by atoms with Gasteiger partial charge < -0.3 is 11.1 Å². The Morgan fingerprint density at radius 3 is 2.78 bits per heavy atom. The van der Waals surface area contributed by atoms with E-state index in [4.69, 9.17) is 18.0 Å². The van der Waals surface area contributed by atoms with Gasteiger partial charge in [0.1, 0.15) is 4.99 Å². The van der Waals surface area contributed by atoms with Gasteiger partial charge in [0.25, 0.3) is 0 Å². The van der Waals surface area contributed by atoms with E-state index in [1.54, 1.807) is 0 Å². The van der Waals surface area contributed by atoms with Crippen molar-refractivity contribution in [2.75, 3.05) is 5.32 Å². The van der Waals surface area contributed by atoms with Crippen LogP contribution in [0.5, 0.6) is 0 Å². The van der Waals surface area contributed by atoms with Crippen molar-refractivity contribution in [1.82, 2.24) is 4.98 Å². The first kappa shape index (κ1) is 13.3. The predicted molar refractivity (Wildman–Crippen MR) is 79.8 cm³/mol. The number of nitrogens with zero attached hydrogens (tertiary/aromatic N) is 1. The molecule has 0 radical (unpaired) electrons. The molecule has 2 unspecified atom stereocenters. The van der Waals surface area contributed by atoms with Gasteiger partial charge in [-0.3, -0.25) is 4.98 Å². The minimum Gasteiger partial charge on any atom is -0.388 e. The van der Waals surface area contributed by atoms with Gasteiger partial charge in [-0.25, -0.2) is 0 Å². The molecule has 98 valence electrons. The SMILES string of the molecule is CC1CCCCCC1Nc1ccc(C(N)=S)nc1. The molecule has 18 heavy (non-hydrogen) atoms.